The first-order valence-corrected chi connectivity index (χ1v) is 9.25. The number of carbonyl (C=O) groups excluding carboxylic acids is 2. The quantitative estimate of drug-likeness (QED) is 0.745. The molecule has 0 radical (unpaired) electrons. The van der Waals surface area contributed by atoms with Gasteiger partial charge in [-0.05, 0) is 19.3 Å². The number of rotatable bonds is 4. The molecule has 28 heavy (non-hydrogen) atoms. The van der Waals surface area contributed by atoms with Gasteiger partial charge in [0.1, 0.15) is 11.4 Å². The third-order valence-corrected chi connectivity index (χ3v) is 5.53. The third-order valence-electron chi connectivity index (χ3n) is 5.53. The maximum atomic E-state index is 12.2. The fourth-order valence-electron chi connectivity index (χ4n) is 3.88. The molecule has 4 rings (SSSR count). The fourth-order valence-corrected chi connectivity index (χ4v) is 3.88. The monoisotopic (exact) mass is 385 g/mol. The van der Waals surface area contributed by atoms with Crippen molar-refractivity contribution in [2.45, 2.75) is 19.3 Å². The molecule has 2 N–H and O–H groups in total. The van der Waals surface area contributed by atoms with Crippen LogP contribution in [0.3, 0.4) is 0 Å². The number of esters is 1. The smallest absolute Gasteiger partial charge is 0.343 e. The summed E-state index contributed by atoms with van der Waals surface area (Å²) in [4.78, 5) is 35.3. The van der Waals surface area contributed by atoms with Gasteiger partial charge in [-0.3, -0.25) is 9.48 Å². The average molecular weight is 385 g/mol. The fraction of sp³-hybridized carbons (Fsp3) is 0.500. The highest BCUT2D eigenvalue weighted by molar-refractivity contribution is 5.95. The van der Waals surface area contributed by atoms with Crippen LogP contribution in [0.5, 0.6) is 0 Å². The van der Waals surface area contributed by atoms with E-state index in [1.165, 1.54) is 13.3 Å². The zero-order valence-corrected chi connectivity index (χ0v) is 15.9. The molecule has 0 aromatic carbocycles. The number of aromatic nitrogens is 4. The summed E-state index contributed by atoms with van der Waals surface area (Å²) in [6.07, 6.45) is 7.27. The summed E-state index contributed by atoms with van der Waals surface area (Å²) in [5.41, 5.74) is 0.775. The lowest BCUT2D eigenvalue weighted by molar-refractivity contribution is -0.128. The number of ether oxygens (including phenoxy) is 1. The topological polar surface area (TPSA) is 114 Å². The van der Waals surface area contributed by atoms with Gasteiger partial charge < -0.3 is 20.3 Å². The van der Waals surface area contributed by atoms with Gasteiger partial charge in [0.2, 0.25) is 11.9 Å². The molecule has 0 aliphatic carbocycles. The van der Waals surface area contributed by atoms with Crippen molar-refractivity contribution in [2.24, 2.45) is 12.5 Å². The minimum atomic E-state index is -0.484. The second-order valence-electron chi connectivity index (χ2n) is 7.22. The van der Waals surface area contributed by atoms with E-state index in [-0.39, 0.29) is 11.3 Å². The minimum Gasteiger partial charge on any atom is -0.465 e. The number of hydrogen-bond acceptors (Lipinski definition) is 8. The van der Waals surface area contributed by atoms with Gasteiger partial charge in [0.05, 0.1) is 24.4 Å². The molecule has 4 heterocycles. The number of nitrogens with zero attached hydrogens (tertiary/aromatic N) is 5. The Labute approximate surface area is 162 Å². The second-order valence-corrected chi connectivity index (χ2v) is 7.22. The van der Waals surface area contributed by atoms with Crippen molar-refractivity contribution < 1.29 is 14.3 Å². The predicted octanol–water partition coefficient (Wildman–Crippen LogP) is 0.847. The molecule has 10 nitrogen and oxygen atoms in total. The van der Waals surface area contributed by atoms with E-state index >= 15 is 0 Å². The van der Waals surface area contributed by atoms with Crippen LogP contribution in [0.4, 0.5) is 17.5 Å². The second kappa shape index (κ2) is 7.10. The van der Waals surface area contributed by atoms with Crippen LogP contribution in [-0.4, -0.2) is 58.4 Å². The molecule has 0 saturated carbocycles. The lowest BCUT2D eigenvalue weighted by atomic mass is 9.77. The summed E-state index contributed by atoms with van der Waals surface area (Å²) in [6, 6.07) is 0. The Bertz CT molecular complexity index is 902. The molecule has 148 valence electrons. The first kappa shape index (κ1) is 18.2. The normalized spacial score (nSPS) is 18.2. The third kappa shape index (κ3) is 3.25. The Balaban J connectivity index is 1.59. The number of methoxy groups -OCH3 is 1. The lowest BCUT2D eigenvalue weighted by Crippen LogP contribution is -2.44. The van der Waals surface area contributed by atoms with E-state index in [0.717, 1.165) is 31.5 Å². The SMILES string of the molecule is COC(=O)c1cnc(Nc2cnn(C)c2)nc1N1CCC2(CCNC2=O)CC1. The first-order valence-electron chi connectivity index (χ1n) is 9.25. The van der Waals surface area contributed by atoms with Crippen LogP contribution >= 0.6 is 0 Å². The summed E-state index contributed by atoms with van der Waals surface area (Å²) >= 11 is 0. The summed E-state index contributed by atoms with van der Waals surface area (Å²) in [5.74, 6) is 0.542. The van der Waals surface area contributed by atoms with E-state index in [0.29, 0.717) is 30.4 Å². The van der Waals surface area contributed by atoms with Gasteiger partial charge in [0, 0.05) is 39.1 Å². The average Bonchev–Trinajstić information content (AvgIpc) is 3.27. The van der Waals surface area contributed by atoms with Gasteiger partial charge in [-0.1, -0.05) is 0 Å². The highest BCUT2D eigenvalue weighted by atomic mass is 16.5. The lowest BCUT2D eigenvalue weighted by Gasteiger charge is -2.38. The molecule has 0 atom stereocenters. The highest BCUT2D eigenvalue weighted by Gasteiger charge is 2.44. The zero-order chi connectivity index (χ0) is 19.7. The van der Waals surface area contributed by atoms with Crippen molar-refractivity contribution in [1.82, 2.24) is 25.1 Å². The number of hydrogen-bond donors (Lipinski definition) is 2. The van der Waals surface area contributed by atoms with Gasteiger partial charge in [0.15, 0.2) is 0 Å². The zero-order valence-electron chi connectivity index (χ0n) is 15.9. The summed E-state index contributed by atoms with van der Waals surface area (Å²) in [6.45, 7) is 2.01. The van der Waals surface area contributed by atoms with Crippen LogP contribution in [0.25, 0.3) is 0 Å². The van der Waals surface area contributed by atoms with Crippen LogP contribution < -0.4 is 15.5 Å². The number of nitrogens with one attached hydrogen (secondary N) is 2. The number of piperidine rings is 1. The van der Waals surface area contributed by atoms with Crippen molar-refractivity contribution in [3.63, 3.8) is 0 Å². The van der Waals surface area contributed by atoms with Crippen LogP contribution in [0.15, 0.2) is 18.6 Å². The van der Waals surface area contributed by atoms with Gasteiger partial charge in [-0.25, -0.2) is 9.78 Å². The van der Waals surface area contributed by atoms with Crippen LogP contribution in [0, 0.1) is 5.41 Å². The molecule has 1 amide bonds. The minimum absolute atomic E-state index is 0.141. The Morgan fingerprint density at radius 1 is 1.29 bits per heavy atom. The Kier molecular flexibility index (Phi) is 4.62. The summed E-state index contributed by atoms with van der Waals surface area (Å²) < 4.78 is 6.57. The molecule has 2 fully saturated rings. The van der Waals surface area contributed by atoms with Crippen molar-refractivity contribution in [3.8, 4) is 0 Å². The molecule has 10 heteroatoms. The van der Waals surface area contributed by atoms with E-state index in [4.69, 9.17) is 4.74 Å². The van der Waals surface area contributed by atoms with E-state index in [9.17, 15) is 9.59 Å². The molecular formula is C18H23N7O3. The Morgan fingerprint density at radius 3 is 2.68 bits per heavy atom. The van der Waals surface area contributed by atoms with E-state index in [2.05, 4.69) is 25.7 Å². The molecule has 0 bridgehead atoms. The molecule has 2 aromatic heterocycles. The van der Waals surface area contributed by atoms with E-state index in [1.807, 2.05) is 11.9 Å². The largest absolute Gasteiger partial charge is 0.465 e. The van der Waals surface area contributed by atoms with Crippen molar-refractivity contribution in [2.75, 3.05) is 37.0 Å². The van der Waals surface area contributed by atoms with Gasteiger partial charge in [-0.15, -0.1) is 0 Å². The highest BCUT2D eigenvalue weighted by Crippen LogP contribution is 2.39. The van der Waals surface area contributed by atoms with Gasteiger partial charge in [-0.2, -0.15) is 10.1 Å². The molecule has 1 spiro atoms. The molecular weight excluding hydrogens is 362 g/mol. The van der Waals surface area contributed by atoms with Gasteiger partial charge in [0.25, 0.3) is 0 Å². The molecule has 2 saturated heterocycles. The van der Waals surface area contributed by atoms with E-state index < -0.39 is 5.97 Å². The maximum Gasteiger partial charge on any atom is 0.343 e. The predicted molar refractivity (Wildman–Crippen MR) is 101 cm³/mol. The van der Waals surface area contributed by atoms with Crippen LogP contribution in [0.1, 0.15) is 29.6 Å². The molecule has 2 aromatic rings. The Morgan fingerprint density at radius 2 is 2.07 bits per heavy atom. The van der Waals surface area contributed by atoms with Crippen LogP contribution in [-0.2, 0) is 16.6 Å². The molecule has 0 unspecified atom stereocenters. The standard InChI is InChI=1S/C18H23N7O3/c1-24-11-12(9-21-24)22-17-20-10-13(15(26)28-2)14(23-17)25-7-4-18(5-8-25)3-6-19-16(18)27/h9-11H,3-8H2,1-2H3,(H,19,27)(H,20,22,23). The number of carbonyl (C=O) groups is 2. The number of aryl methyl sites for hydroxylation is 1. The summed E-state index contributed by atoms with van der Waals surface area (Å²) in [7, 11) is 3.16. The first-order chi connectivity index (χ1) is 13.5. The van der Waals surface area contributed by atoms with E-state index in [1.54, 1.807) is 17.1 Å². The van der Waals surface area contributed by atoms with Crippen molar-refractivity contribution in [1.29, 1.82) is 0 Å². The molecule has 2 aliphatic rings. The number of amides is 1. The van der Waals surface area contributed by atoms with Gasteiger partial charge >= 0.3 is 5.97 Å². The summed E-state index contributed by atoms with van der Waals surface area (Å²) in [5, 5.41) is 10.1. The van der Waals surface area contributed by atoms with Crippen molar-refractivity contribution >= 4 is 29.3 Å². The maximum absolute atomic E-state index is 12.2. The Hall–Kier alpha value is -3.17. The van der Waals surface area contributed by atoms with Crippen molar-refractivity contribution in [3.05, 3.63) is 24.2 Å². The number of anilines is 3. The van der Waals surface area contributed by atoms with Crippen LogP contribution in [0.2, 0.25) is 0 Å². The molecule has 2 aliphatic heterocycles.